The van der Waals surface area contributed by atoms with E-state index in [1.165, 1.54) is 0 Å². The number of hydrogen-bond acceptors (Lipinski definition) is 4. The molecule has 1 unspecified atom stereocenters. The van der Waals surface area contributed by atoms with Gasteiger partial charge in [-0.15, -0.1) is 0 Å². The Kier molecular flexibility index (Phi) is 8.26. The molecular weight excluding hydrogens is 404 g/mol. The van der Waals surface area contributed by atoms with Gasteiger partial charge in [-0.25, -0.2) is 0 Å². The van der Waals surface area contributed by atoms with Gasteiger partial charge in [-0.2, -0.15) is 0 Å². The molecule has 0 fully saturated rings. The molecule has 0 spiro atoms. The van der Waals surface area contributed by atoms with Gasteiger partial charge in [0.15, 0.2) is 6.61 Å². The second kappa shape index (κ2) is 11.6. The third kappa shape index (κ3) is 6.35. The van der Waals surface area contributed by atoms with Crippen molar-refractivity contribution < 1.29 is 19.1 Å². The van der Waals surface area contributed by atoms with E-state index in [0.717, 1.165) is 17.5 Å². The summed E-state index contributed by atoms with van der Waals surface area (Å²) in [7, 11) is 0. The second-order valence-corrected chi connectivity index (χ2v) is 7.41. The molecule has 0 saturated heterocycles. The molecule has 1 atom stereocenters. The third-order valence-electron chi connectivity index (χ3n) is 5.11. The Balaban J connectivity index is 1.53. The van der Waals surface area contributed by atoms with Crippen molar-refractivity contribution >= 4 is 11.8 Å². The molecule has 2 N–H and O–H groups in total. The number of nitrogens with one attached hydrogen (secondary N) is 2. The zero-order chi connectivity index (χ0) is 22.8. The number of amides is 2. The normalized spacial score (nSPS) is 11.3. The van der Waals surface area contributed by atoms with E-state index in [4.69, 9.17) is 9.47 Å². The van der Waals surface area contributed by atoms with Crippen molar-refractivity contribution in [1.82, 2.24) is 10.9 Å². The predicted molar refractivity (Wildman–Crippen MR) is 123 cm³/mol. The van der Waals surface area contributed by atoms with Crippen LogP contribution in [0.5, 0.6) is 11.5 Å². The van der Waals surface area contributed by atoms with Crippen LogP contribution in [0.15, 0.2) is 78.9 Å². The molecule has 6 nitrogen and oxygen atoms in total. The lowest BCUT2D eigenvalue weighted by atomic mass is 9.98. The Morgan fingerprint density at radius 2 is 1.47 bits per heavy atom. The molecule has 0 bridgehead atoms. The number of para-hydroxylation sites is 2. The Labute approximate surface area is 188 Å². The van der Waals surface area contributed by atoms with E-state index in [9.17, 15) is 9.59 Å². The summed E-state index contributed by atoms with van der Waals surface area (Å²) in [6, 6.07) is 24.2. The summed E-state index contributed by atoms with van der Waals surface area (Å²) in [6.45, 7) is 4.34. The fourth-order valence-corrected chi connectivity index (χ4v) is 3.13. The minimum Gasteiger partial charge on any atom is -0.488 e. The largest absolute Gasteiger partial charge is 0.488 e. The molecule has 6 heteroatoms. The molecule has 2 amide bonds. The summed E-state index contributed by atoms with van der Waals surface area (Å²) in [5.41, 5.74) is 7.19. The number of ether oxygens (including phenoxy) is 2. The first-order chi connectivity index (χ1) is 15.6. The number of hydrogen-bond donors (Lipinski definition) is 2. The van der Waals surface area contributed by atoms with Gasteiger partial charge in [0.05, 0.1) is 5.56 Å². The van der Waals surface area contributed by atoms with Crippen LogP contribution in [0.25, 0.3) is 0 Å². The number of rotatable bonds is 9. The van der Waals surface area contributed by atoms with E-state index in [1.54, 1.807) is 24.3 Å². The molecule has 166 valence electrons. The van der Waals surface area contributed by atoms with E-state index >= 15 is 0 Å². The fourth-order valence-electron chi connectivity index (χ4n) is 3.13. The van der Waals surface area contributed by atoms with Gasteiger partial charge < -0.3 is 9.47 Å². The van der Waals surface area contributed by atoms with Gasteiger partial charge in [-0.3, -0.25) is 20.4 Å². The van der Waals surface area contributed by atoms with Crippen molar-refractivity contribution in [2.75, 3.05) is 6.61 Å². The monoisotopic (exact) mass is 432 g/mol. The average Bonchev–Trinajstić information content (AvgIpc) is 2.85. The van der Waals surface area contributed by atoms with Crippen LogP contribution in [0.2, 0.25) is 0 Å². The van der Waals surface area contributed by atoms with Gasteiger partial charge in [0.1, 0.15) is 18.1 Å². The maximum Gasteiger partial charge on any atom is 0.276 e. The van der Waals surface area contributed by atoms with Crippen LogP contribution in [0.3, 0.4) is 0 Å². The highest BCUT2D eigenvalue weighted by atomic mass is 16.5. The summed E-state index contributed by atoms with van der Waals surface area (Å²) >= 11 is 0. The first kappa shape index (κ1) is 22.9. The van der Waals surface area contributed by atoms with E-state index in [1.807, 2.05) is 54.6 Å². The van der Waals surface area contributed by atoms with Gasteiger partial charge >= 0.3 is 0 Å². The maximum atomic E-state index is 12.6. The van der Waals surface area contributed by atoms with Crippen molar-refractivity contribution in [3.05, 3.63) is 95.6 Å². The van der Waals surface area contributed by atoms with Gasteiger partial charge in [-0.1, -0.05) is 74.5 Å². The minimum absolute atomic E-state index is 0.208. The number of hydrazine groups is 1. The average molecular weight is 433 g/mol. The molecule has 0 radical (unpaired) electrons. The van der Waals surface area contributed by atoms with Crippen molar-refractivity contribution in [3.63, 3.8) is 0 Å². The van der Waals surface area contributed by atoms with Crippen LogP contribution in [-0.2, 0) is 11.4 Å². The van der Waals surface area contributed by atoms with Crippen LogP contribution in [0, 0.1) is 0 Å². The van der Waals surface area contributed by atoms with Crippen LogP contribution in [0.4, 0.5) is 0 Å². The lowest BCUT2D eigenvalue weighted by Crippen LogP contribution is -2.44. The van der Waals surface area contributed by atoms with E-state index in [2.05, 4.69) is 24.7 Å². The van der Waals surface area contributed by atoms with Crippen molar-refractivity contribution in [2.45, 2.75) is 32.8 Å². The minimum atomic E-state index is -0.470. The van der Waals surface area contributed by atoms with Crippen molar-refractivity contribution in [3.8, 4) is 11.5 Å². The molecule has 0 aliphatic rings. The molecule has 0 heterocycles. The zero-order valence-electron chi connectivity index (χ0n) is 18.3. The highest BCUT2D eigenvalue weighted by molar-refractivity contribution is 5.97. The number of carbonyl (C=O) groups is 2. The molecule has 0 aliphatic carbocycles. The zero-order valence-corrected chi connectivity index (χ0v) is 18.3. The summed E-state index contributed by atoms with van der Waals surface area (Å²) < 4.78 is 11.5. The first-order valence-corrected chi connectivity index (χ1v) is 10.6. The molecule has 32 heavy (non-hydrogen) atoms. The quantitative estimate of drug-likeness (QED) is 0.484. The van der Waals surface area contributed by atoms with Gasteiger partial charge in [0, 0.05) is 0 Å². The highest BCUT2D eigenvalue weighted by Gasteiger charge is 2.14. The van der Waals surface area contributed by atoms with Crippen LogP contribution in [-0.4, -0.2) is 18.4 Å². The summed E-state index contributed by atoms with van der Waals surface area (Å²) in [6.07, 6.45) is 0.967. The fraction of sp³-hybridized carbons (Fsp3) is 0.231. The highest BCUT2D eigenvalue weighted by Crippen LogP contribution is 2.28. The van der Waals surface area contributed by atoms with Crippen LogP contribution < -0.4 is 20.3 Å². The smallest absolute Gasteiger partial charge is 0.276 e. The Morgan fingerprint density at radius 1 is 0.812 bits per heavy atom. The summed E-state index contributed by atoms with van der Waals surface area (Å²) in [4.78, 5) is 24.8. The number of carbonyl (C=O) groups excluding carboxylic acids is 2. The van der Waals surface area contributed by atoms with Gasteiger partial charge in [0.25, 0.3) is 11.8 Å². The maximum absolute atomic E-state index is 12.6. The summed E-state index contributed by atoms with van der Waals surface area (Å²) in [5.74, 6) is 0.494. The van der Waals surface area contributed by atoms with E-state index in [0.29, 0.717) is 29.6 Å². The molecule has 0 saturated carbocycles. The Bertz CT molecular complexity index is 1040. The third-order valence-corrected chi connectivity index (χ3v) is 5.11. The molecule has 0 aromatic heterocycles. The lowest BCUT2D eigenvalue weighted by Gasteiger charge is -2.16. The van der Waals surface area contributed by atoms with Crippen LogP contribution in [0.1, 0.15) is 47.7 Å². The standard InChI is InChI=1S/C26H28N2O4/c1-3-19(2)21-13-7-9-15-23(21)32-18-25(29)27-28-26(30)22-14-8-10-16-24(22)31-17-20-11-5-4-6-12-20/h4-16,19H,3,17-18H2,1-2H3,(H,27,29)(H,28,30). The van der Waals surface area contributed by atoms with Crippen molar-refractivity contribution in [1.29, 1.82) is 0 Å². The molecule has 3 aromatic carbocycles. The number of benzene rings is 3. The molecular formula is C26H28N2O4. The van der Waals surface area contributed by atoms with Gasteiger partial charge in [-0.05, 0) is 41.7 Å². The SMILES string of the molecule is CCC(C)c1ccccc1OCC(=O)NNC(=O)c1ccccc1OCc1ccccc1. The van der Waals surface area contributed by atoms with Crippen molar-refractivity contribution in [2.24, 2.45) is 0 Å². The van der Waals surface area contributed by atoms with Gasteiger partial charge in [0.2, 0.25) is 0 Å². The first-order valence-electron chi connectivity index (χ1n) is 10.6. The van der Waals surface area contributed by atoms with Crippen LogP contribution >= 0.6 is 0 Å². The topological polar surface area (TPSA) is 76.7 Å². The Morgan fingerprint density at radius 3 is 2.22 bits per heavy atom. The Hall–Kier alpha value is -3.80. The summed E-state index contributed by atoms with van der Waals surface area (Å²) in [5, 5.41) is 0. The molecule has 3 aromatic rings. The second-order valence-electron chi connectivity index (χ2n) is 7.41. The predicted octanol–water partition coefficient (Wildman–Crippen LogP) is 4.62. The van der Waals surface area contributed by atoms with E-state index in [-0.39, 0.29) is 6.61 Å². The molecule has 3 rings (SSSR count). The molecule has 0 aliphatic heterocycles. The lowest BCUT2D eigenvalue weighted by molar-refractivity contribution is -0.123. The van der Waals surface area contributed by atoms with E-state index < -0.39 is 11.8 Å².